The van der Waals surface area contributed by atoms with E-state index in [4.69, 9.17) is 16.3 Å². The quantitative estimate of drug-likeness (QED) is 0.102. The van der Waals surface area contributed by atoms with Crippen LogP contribution in [0.3, 0.4) is 0 Å². The molecule has 28 heavy (non-hydrogen) atoms. The first-order valence-electron chi connectivity index (χ1n) is 9.10. The number of nitrogens with two attached hydrogens (primary N) is 2. The van der Waals surface area contributed by atoms with Gasteiger partial charge >= 0.3 is 5.97 Å². The van der Waals surface area contributed by atoms with Crippen LogP contribution in [-0.4, -0.2) is 29.3 Å². The van der Waals surface area contributed by atoms with Crippen LogP contribution in [0.2, 0.25) is 0 Å². The number of amidine groups is 1. The number of ether oxygens (including phenoxy) is 1. The number of hydrogen-bond acceptors (Lipinski definition) is 7. The fourth-order valence-corrected chi connectivity index (χ4v) is 2.31. The van der Waals surface area contributed by atoms with E-state index in [-0.39, 0.29) is 41.5 Å². The van der Waals surface area contributed by atoms with Gasteiger partial charge in [0.1, 0.15) is 23.0 Å². The van der Waals surface area contributed by atoms with Gasteiger partial charge in [0.25, 0.3) is 5.56 Å². The summed E-state index contributed by atoms with van der Waals surface area (Å²) in [6.07, 6.45) is 4.63. The van der Waals surface area contributed by atoms with E-state index in [1.54, 1.807) is 6.92 Å². The molecule has 1 aliphatic rings. The van der Waals surface area contributed by atoms with Gasteiger partial charge in [0.05, 0.1) is 6.61 Å². The summed E-state index contributed by atoms with van der Waals surface area (Å²) >= 11 is 0. The zero-order valence-corrected chi connectivity index (χ0v) is 16.0. The van der Waals surface area contributed by atoms with Crippen LogP contribution in [0.15, 0.2) is 27.8 Å². The van der Waals surface area contributed by atoms with Crippen LogP contribution in [0.4, 0.5) is 5.69 Å². The number of aryl methyl sites for hydroxylation is 1. The van der Waals surface area contributed by atoms with Gasteiger partial charge in [0, 0.05) is 12.0 Å². The van der Waals surface area contributed by atoms with Gasteiger partial charge in [-0.2, -0.15) is 0 Å². The molecule has 1 amide bonds. The molecule has 0 radical (unpaired) electrons. The highest BCUT2D eigenvalue weighted by molar-refractivity contribution is 5.95. The first-order chi connectivity index (χ1) is 13.3. The second-order valence-corrected chi connectivity index (χ2v) is 6.53. The van der Waals surface area contributed by atoms with Crippen molar-refractivity contribution in [1.82, 2.24) is 15.7 Å². The van der Waals surface area contributed by atoms with E-state index < -0.39 is 11.5 Å². The molecule has 1 aromatic rings. The number of aliphatic imine (C=N–C) groups is 1. The van der Waals surface area contributed by atoms with E-state index in [0.717, 1.165) is 25.7 Å². The summed E-state index contributed by atoms with van der Waals surface area (Å²) in [4.78, 5) is 42.6. The topological polar surface area (TPSA) is 165 Å². The summed E-state index contributed by atoms with van der Waals surface area (Å²) in [5, 5.41) is 2.60. The minimum Gasteiger partial charge on any atom is -0.461 e. The van der Waals surface area contributed by atoms with Crippen molar-refractivity contribution in [3.8, 4) is 0 Å². The minimum atomic E-state index is -0.594. The number of nitrogens with one attached hydrogen (secondary N) is 3. The molecule has 1 saturated carbocycles. The number of aromatic nitrogens is 1. The Morgan fingerprint density at radius 2 is 2.14 bits per heavy atom. The molecule has 2 rings (SSSR count). The van der Waals surface area contributed by atoms with Gasteiger partial charge in [-0.3, -0.25) is 9.59 Å². The highest BCUT2D eigenvalue weighted by Gasteiger charge is 2.29. The number of pyridine rings is 1. The number of rotatable bonds is 9. The third-order valence-electron chi connectivity index (χ3n) is 4.06. The molecule has 0 saturated heterocycles. The summed E-state index contributed by atoms with van der Waals surface area (Å²) < 4.78 is 5.11. The summed E-state index contributed by atoms with van der Waals surface area (Å²) in [6, 6.07) is 1.44. The van der Waals surface area contributed by atoms with Gasteiger partial charge in [-0.05, 0) is 37.8 Å². The predicted octanol–water partition coefficient (Wildman–Crippen LogP) is 0.460. The van der Waals surface area contributed by atoms with Crippen LogP contribution in [0.1, 0.15) is 48.7 Å². The number of nitrogens with zero attached hydrogens (tertiary/aromatic N) is 1. The third kappa shape index (κ3) is 5.95. The SMILES string of the molecule is CCCCOC(=O)c1[nH]c(=O)c(N=C(N)/C=C(\NN)NC(=O)C2CC2)cc1C. The number of H-pyrrole nitrogens is 1. The molecule has 0 unspecified atom stereocenters. The maximum absolute atomic E-state index is 12.2. The molecule has 0 atom stereocenters. The molecule has 0 aliphatic heterocycles. The van der Waals surface area contributed by atoms with Crippen molar-refractivity contribution >= 4 is 23.4 Å². The molecule has 10 heteroatoms. The monoisotopic (exact) mass is 390 g/mol. The van der Waals surface area contributed by atoms with Crippen molar-refractivity contribution in [1.29, 1.82) is 0 Å². The molecule has 1 heterocycles. The second kappa shape index (κ2) is 9.70. The van der Waals surface area contributed by atoms with Crippen LogP contribution in [0, 0.1) is 12.8 Å². The lowest BCUT2D eigenvalue weighted by Crippen LogP contribution is -2.37. The number of unbranched alkanes of at least 4 members (excludes halogenated alkanes) is 1. The third-order valence-corrected chi connectivity index (χ3v) is 4.06. The zero-order valence-electron chi connectivity index (χ0n) is 16.0. The van der Waals surface area contributed by atoms with E-state index in [0.29, 0.717) is 5.56 Å². The lowest BCUT2D eigenvalue weighted by atomic mass is 10.2. The van der Waals surface area contributed by atoms with Crippen LogP contribution in [0.25, 0.3) is 0 Å². The Balaban J connectivity index is 2.16. The van der Waals surface area contributed by atoms with Crippen LogP contribution >= 0.6 is 0 Å². The molecular formula is C18H26N6O4. The van der Waals surface area contributed by atoms with Crippen LogP contribution in [0.5, 0.6) is 0 Å². The van der Waals surface area contributed by atoms with Crippen LogP contribution < -0.4 is 27.9 Å². The number of carbonyl (C=O) groups is 2. The first-order valence-corrected chi connectivity index (χ1v) is 9.10. The lowest BCUT2D eigenvalue weighted by molar-refractivity contribution is -0.121. The molecule has 152 valence electrons. The maximum Gasteiger partial charge on any atom is 0.355 e. The average Bonchev–Trinajstić information content (AvgIpc) is 3.49. The lowest BCUT2D eigenvalue weighted by Gasteiger charge is -2.09. The molecule has 1 aromatic heterocycles. The van der Waals surface area contributed by atoms with E-state index in [1.165, 1.54) is 12.1 Å². The van der Waals surface area contributed by atoms with Gasteiger partial charge in [-0.1, -0.05) is 13.3 Å². The maximum atomic E-state index is 12.2. The number of hydrazine groups is 1. The standard InChI is InChI=1S/C18H26N6O4/c1-3-4-7-28-18(27)15-10(2)8-12(17(26)23-15)21-13(19)9-14(24-20)22-16(25)11-5-6-11/h8-9,11,24H,3-7,20H2,1-2H3,(H2,19,21)(H,22,25)(H,23,26)/b14-9-. The van der Waals surface area contributed by atoms with Crippen molar-refractivity contribution in [2.45, 2.75) is 39.5 Å². The van der Waals surface area contributed by atoms with Gasteiger partial charge < -0.3 is 26.2 Å². The molecule has 7 N–H and O–H groups in total. The fourth-order valence-electron chi connectivity index (χ4n) is 2.31. The highest BCUT2D eigenvalue weighted by Crippen LogP contribution is 2.28. The van der Waals surface area contributed by atoms with Crippen molar-refractivity contribution in [3.63, 3.8) is 0 Å². The Hall–Kier alpha value is -3.14. The Kier molecular flexibility index (Phi) is 7.33. The first kappa shape index (κ1) is 21.2. The highest BCUT2D eigenvalue weighted by atomic mass is 16.5. The van der Waals surface area contributed by atoms with Gasteiger partial charge in [0.15, 0.2) is 0 Å². The van der Waals surface area contributed by atoms with E-state index in [9.17, 15) is 14.4 Å². The molecule has 0 bridgehead atoms. The summed E-state index contributed by atoms with van der Waals surface area (Å²) in [7, 11) is 0. The number of hydrogen-bond donors (Lipinski definition) is 5. The van der Waals surface area contributed by atoms with Gasteiger partial charge in [0.2, 0.25) is 5.91 Å². The minimum absolute atomic E-state index is 0.00923. The van der Waals surface area contributed by atoms with Crippen molar-refractivity contribution < 1.29 is 14.3 Å². The number of amides is 1. The number of esters is 1. The molecule has 0 aromatic carbocycles. The summed E-state index contributed by atoms with van der Waals surface area (Å²) in [5.41, 5.74) is 8.16. The Morgan fingerprint density at radius 1 is 1.43 bits per heavy atom. The fraction of sp³-hybridized carbons (Fsp3) is 0.444. The molecular weight excluding hydrogens is 364 g/mol. The predicted molar refractivity (Wildman–Crippen MR) is 105 cm³/mol. The van der Waals surface area contributed by atoms with E-state index in [2.05, 4.69) is 20.7 Å². The smallest absolute Gasteiger partial charge is 0.355 e. The normalized spacial score (nSPS) is 14.5. The number of aromatic amines is 1. The van der Waals surface area contributed by atoms with Crippen molar-refractivity contribution in [2.75, 3.05) is 6.61 Å². The van der Waals surface area contributed by atoms with Crippen LogP contribution in [-0.2, 0) is 9.53 Å². The summed E-state index contributed by atoms with van der Waals surface area (Å²) in [6.45, 7) is 3.92. The Bertz CT molecular complexity index is 854. The van der Waals surface area contributed by atoms with Crippen molar-refractivity contribution in [3.05, 3.63) is 39.6 Å². The Morgan fingerprint density at radius 3 is 2.75 bits per heavy atom. The van der Waals surface area contributed by atoms with E-state index >= 15 is 0 Å². The Labute approximate surface area is 162 Å². The largest absolute Gasteiger partial charge is 0.461 e. The average molecular weight is 390 g/mol. The van der Waals surface area contributed by atoms with Gasteiger partial charge in [-0.25, -0.2) is 15.6 Å². The van der Waals surface area contributed by atoms with E-state index in [1.807, 2.05) is 6.92 Å². The number of carbonyl (C=O) groups excluding carboxylic acids is 2. The molecule has 1 aliphatic carbocycles. The molecule has 10 nitrogen and oxygen atoms in total. The molecule has 1 fully saturated rings. The van der Waals surface area contributed by atoms with Crippen molar-refractivity contribution in [2.24, 2.45) is 22.5 Å². The van der Waals surface area contributed by atoms with Gasteiger partial charge in [-0.15, -0.1) is 0 Å². The summed E-state index contributed by atoms with van der Waals surface area (Å²) in [5.74, 6) is 4.74. The molecule has 0 spiro atoms. The zero-order chi connectivity index (χ0) is 20.7. The second-order valence-electron chi connectivity index (χ2n) is 6.53.